The molecule has 0 nitrogen and oxygen atoms in total. The molecule has 0 bridgehead atoms. The topological polar surface area (TPSA) is 0 Å². The van der Waals surface area contributed by atoms with Gasteiger partial charge in [0.25, 0.3) is 0 Å². The summed E-state index contributed by atoms with van der Waals surface area (Å²) >= 11 is 3.17. The van der Waals surface area contributed by atoms with Crippen LogP contribution >= 0.6 is 15.9 Å². The summed E-state index contributed by atoms with van der Waals surface area (Å²) in [5.74, 6) is -1.75. The van der Waals surface area contributed by atoms with Crippen LogP contribution in [0.25, 0.3) is 0 Å². The lowest BCUT2D eigenvalue weighted by molar-refractivity contribution is -0.140. The number of halogens is 6. The van der Waals surface area contributed by atoms with Crippen molar-refractivity contribution in [2.45, 2.75) is 17.9 Å². The Morgan fingerprint density at radius 2 is 1.71 bits per heavy atom. The van der Waals surface area contributed by atoms with Crippen LogP contribution in [0.5, 0.6) is 0 Å². The van der Waals surface area contributed by atoms with Crippen LogP contribution in [-0.2, 0) is 6.18 Å². The molecule has 112 valence electrons. The van der Waals surface area contributed by atoms with E-state index in [9.17, 15) is 22.0 Å². The molecule has 0 aliphatic heterocycles. The second-order valence-corrected chi connectivity index (χ2v) is 5.49. The van der Waals surface area contributed by atoms with Gasteiger partial charge in [-0.3, -0.25) is 0 Å². The highest BCUT2D eigenvalue weighted by Crippen LogP contribution is 2.38. The fourth-order valence-corrected chi connectivity index (χ4v) is 2.61. The van der Waals surface area contributed by atoms with E-state index < -0.39 is 28.2 Å². The van der Waals surface area contributed by atoms with Gasteiger partial charge in [-0.25, -0.2) is 8.78 Å². The highest BCUT2D eigenvalue weighted by molar-refractivity contribution is 9.09. The Morgan fingerprint density at radius 1 is 1.05 bits per heavy atom. The maximum absolute atomic E-state index is 14.1. The van der Waals surface area contributed by atoms with Crippen molar-refractivity contribution in [2.75, 3.05) is 0 Å². The van der Waals surface area contributed by atoms with Gasteiger partial charge in [0.15, 0.2) is 0 Å². The Bertz CT molecular complexity index is 664. The van der Waals surface area contributed by atoms with Crippen molar-refractivity contribution in [1.29, 1.82) is 0 Å². The van der Waals surface area contributed by atoms with E-state index in [2.05, 4.69) is 15.9 Å². The Kier molecular flexibility index (Phi) is 4.37. The zero-order valence-corrected chi connectivity index (χ0v) is 12.4. The van der Waals surface area contributed by atoms with Crippen LogP contribution in [0, 0.1) is 18.6 Å². The molecule has 1 unspecified atom stereocenters. The monoisotopic (exact) mass is 364 g/mol. The molecule has 21 heavy (non-hydrogen) atoms. The van der Waals surface area contributed by atoms with Gasteiger partial charge < -0.3 is 0 Å². The van der Waals surface area contributed by atoms with Crippen LogP contribution < -0.4 is 0 Å². The van der Waals surface area contributed by atoms with E-state index in [1.54, 1.807) is 0 Å². The maximum atomic E-state index is 14.1. The van der Waals surface area contributed by atoms with Gasteiger partial charge in [0, 0.05) is 5.56 Å². The molecule has 0 spiro atoms. The number of alkyl halides is 4. The summed E-state index contributed by atoms with van der Waals surface area (Å²) in [6.45, 7) is 1.53. The quantitative estimate of drug-likeness (QED) is 0.468. The summed E-state index contributed by atoms with van der Waals surface area (Å²) in [5, 5.41) is 0. The van der Waals surface area contributed by atoms with Crippen LogP contribution in [0.3, 0.4) is 0 Å². The summed E-state index contributed by atoms with van der Waals surface area (Å²) in [4.78, 5) is -0.793. The minimum Gasteiger partial charge on any atom is -0.207 e. The predicted octanol–water partition coefficient (Wildman–Crippen LogP) is 5.78. The van der Waals surface area contributed by atoms with Crippen molar-refractivity contribution >= 4 is 15.9 Å². The fraction of sp³-hybridized carbons (Fsp3) is 0.200. The van der Waals surface area contributed by atoms with Crippen molar-refractivity contribution in [3.63, 3.8) is 0 Å². The first kappa shape index (κ1) is 15.9. The zero-order chi connectivity index (χ0) is 15.8. The Balaban J connectivity index is 2.48. The minimum absolute atomic E-state index is 0.143. The highest BCUT2D eigenvalue weighted by atomic mass is 79.9. The standard InChI is InChI=1S/C15H10BrF5/c1-8-7-9(5-6-12(8)17)13(16)10-3-2-4-11(14(10)18)15(19,20)21/h2-7,13H,1H3. The summed E-state index contributed by atoms with van der Waals surface area (Å²) < 4.78 is 65.4. The molecule has 0 N–H and O–H groups in total. The number of benzene rings is 2. The van der Waals surface area contributed by atoms with Gasteiger partial charge in [0.05, 0.1) is 10.4 Å². The molecule has 0 saturated heterocycles. The number of rotatable bonds is 2. The smallest absolute Gasteiger partial charge is 0.207 e. The van der Waals surface area contributed by atoms with E-state index >= 15 is 0 Å². The Morgan fingerprint density at radius 3 is 2.29 bits per heavy atom. The van der Waals surface area contributed by atoms with Crippen LogP contribution in [0.2, 0.25) is 0 Å². The van der Waals surface area contributed by atoms with Crippen LogP contribution in [-0.4, -0.2) is 0 Å². The van der Waals surface area contributed by atoms with E-state index in [1.807, 2.05) is 0 Å². The number of hydrogen-bond acceptors (Lipinski definition) is 0. The molecule has 2 rings (SSSR count). The highest BCUT2D eigenvalue weighted by Gasteiger charge is 2.35. The second-order valence-electron chi connectivity index (χ2n) is 4.58. The number of aryl methyl sites for hydroxylation is 1. The SMILES string of the molecule is Cc1cc(C(Br)c2cccc(C(F)(F)F)c2F)ccc1F. The second kappa shape index (κ2) is 5.75. The molecule has 1 atom stereocenters. The van der Waals surface area contributed by atoms with E-state index in [0.29, 0.717) is 17.2 Å². The summed E-state index contributed by atoms with van der Waals surface area (Å²) in [7, 11) is 0. The lowest BCUT2D eigenvalue weighted by Crippen LogP contribution is -2.10. The van der Waals surface area contributed by atoms with E-state index in [1.165, 1.54) is 31.2 Å². The van der Waals surface area contributed by atoms with Gasteiger partial charge in [-0.15, -0.1) is 0 Å². The van der Waals surface area contributed by atoms with E-state index in [4.69, 9.17) is 0 Å². The van der Waals surface area contributed by atoms with Gasteiger partial charge in [0.1, 0.15) is 11.6 Å². The largest absolute Gasteiger partial charge is 0.419 e. The molecule has 0 fully saturated rings. The average molecular weight is 365 g/mol. The van der Waals surface area contributed by atoms with Gasteiger partial charge in [-0.2, -0.15) is 13.2 Å². The molecule has 2 aromatic rings. The Hall–Kier alpha value is -1.43. The lowest BCUT2D eigenvalue weighted by atomic mass is 10.00. The zero-order valence-electron chi connectivity index (χ0n) is 10.8. The molecule has 0 saturated carbocycles. The van der Waals surface area contributed by atoms with Crippen LogP contribution in [0.15, 0.2) is 36.4 Å². The maximum Gasteiger partial charge on any atom is 0.419 e. The molecule has 0 aliphatic rings. The van der Waals surface area contributed by atoms with Gasteiger partial charge in [-0.1, -0.05) is 40.2 Å². The molecule has 6 heteroatoms. The molecular weight excluding hydrogens is 355 g/mol. The van der Waals surface area contributed by atoms with Crippen LogP contribution in [0.1, 0.15) is 27.1 Å². The van der Waals surface area contributed by atoms with Crippen molar-refractivity contribution in [3.8, 4) is 0 Å². The van der Waals surface area contributed by atoms with Gasteiger partial charge in [0.2, 0.25) is 0 Å². The average Bonchev–Trinajstić information content (AvgIpc) is 2.40. The first-order valence-electron chi connectivity index (χ1n) is 5.97. The fourth-order valence-electron chi connectivity index (χ4n) is 1.97. The molecule has 0 aliphatic carbocycles. The molecule has 0 heterocycles. The number of hydrogen-bond donors (Lipinski definition) is 0. The van der Waals surface area contributed by atoms with Crippen molar-refractivity contribution < 1.29 is 22.0 Å². The first-order valence-corrected chi connectivity index (χ1v) is 6.89. The molecule has 2 aromatic carbocycles. The van der Waals surface area contributed by atoms with Crippen molar-refractivity contribution in [2.24, 2.45) is 0 Å². The minimum atomic E-state index is -4.76. The normalized spacial score (nSPS) is 13.3. The molecule has 0 amide bonds. The molecular formula is C15H10BrF5. The third-order valence-electron chi connectivity index (χ3n) is 3.08. The van der Waals surface area contributed by atoms with E-state index in [-0.39, 0.29) is 5.56 Å². The molecule has 0 aromatic heterocycles. The van der Waals surface area contributed by atoms with Crippen LogP contribution in [0.4, 0.5) is 22.0 Å². The summed E-state index contributed by atoms with van der Waals surface area (Å²) in [6.07, 6.45) is -4.76. The third kappa shape index (κ3) is 3.26. The van der Waals surface area contributed by atoms with Gasteiger partial charge >= 0.3 is 6.18 Å². The predicted molar refractivity (Wildman–Crippen MR) is 73.3 cm³/mol. The summed E-state index contributed by atoms with van der Waals surface area (Å²) in [5.41, 5.74) is -0.643. The summed E-state index contributed by atoms with van der Waals surface area (Å²) in [6, 6.07) is 7.17. The molecule has 0 radical (unpaired) electrons. The third-order valence-corrected chi connectivity index (χ3v) is 4.10. The Labute approximate surface area is 126 Å². The van der Waals surface area contributed by atoms with E-state index in [0.717, 1.165) is 6.07 Å². The van der Waals surface area contributed by atoms with Crippen molar-refractivity contribution in [3.05, 3.63) is 70.3 Å². The van der Waals surface area contributed by atoms with Gasteiger partial charge in [-0.05, 0) is 30.2 Å². The lowest BCUT2D eigenvalue weighted by Gasteiger charge is -2.16. The van der Waals surface area contributed by atoms with Crippen molar-refractivity contribution in [1.82, 2.24) is 0 Å². The first-order chi connectivity index (χ1) is 9.71.